The number of hydrogen-bond donors (Lipinski definition) is 0. The summed E-state index contributed by atoms with van der Waals surface area (Å²) >= 11 is 14.6. The summed E-state index contributed by atoms with van der Waals surface area (Å²) in [5.41, 5.74) is 2.82. The van der Waals surface area contributed by atoms with E-state index in [0.29, 0.717) is 58.4 Å². The number of carbonyl (C=O) groups is 1. The van der Waals surface area contributed by atoms with E-state index in [2.05, 4.69) is 36.9 Å². The minimum atomic E-state index is -0.791. The van der Waals surface area contributed by atoms with E-state index in [-0.39, 0.29) is 23.8 Å². The molecule has 3 aromatic carbocycles. The molecule has 0 saturated heterocycles. The van der Waals surface area contributed by atoms with E-state index in [0.717, 1.165) is 11.1 Å². The van der Waals surface area contributed by atoms with E-state index in [1.807, 2.05) is 56.3 Å². The Kier molecular flexibility index (Phi) is 10.8. The number of rotatable bonds is 10. The van der Waals surface area contributed by atoms with Crippen molar-refractivity contribution in [3.05, 3.63) is 116 Å². The van der Waals surface area contributed by atoms with E-state index in [1.54, 1.807) is 43.7 Å². The van der Waals surface area contributed by atoms with Crippen LogP contribution in [-0.2, 0) is 16.1 Å². The molecule has 0 unspecified atom stereocenters. The van der Waals surface area contributed by atoms with Gasteiger partial charge in [0, 0.05) is 5.02 Å². The average Bonchev–Trinajstić information content (AvgIpc) is 3.29. The van der Waals surface area contributed by atoms with Crippen LogP contribution in [0.5, 0.6) is 17.2 Å². The van der Waals surface area contributed by atoms with Crippen LogP contribution in [0, 0.1) is 0 Å². The summed E-state index contributed by atoms with van der Waals surface area (Å²) in [4.78, 5) is 32.6. The molecule has 5 rings (SSSR count). The zero-order valence-corrected chi connectivity index (χ0v) is 30.5. The van der Waals surface area contributed by atoms with Gasteiger partial charge in [-0.2, -0.15) is 0 Å². The lowest BCUT2D eigenvalue weighted by atomic mass is 9.95. The van der Waals surface area contributed by atoms with Crippen molar-refractivity contribution in [2.24, 2.45) is 4.99 Å². The molecule has 0 amide bonds. The third-order valence-corrected chi connectivity index (χ3v) is 9.37. The molecule has 8 nitrogen and oxygen atoms in total. The van der Waals surface area contributed by atoms with Crippen LogP contribution in [0.25, 0.3) is 6.08 Å². The average molecular weight is 791 g/mol. The third-order valence-electron chi connectivity index (χ3n) is 6.97. The van der Waals surface area contributed by atoms with Crippen LogP contribution >= 0.6 is 54.8 Å². The van der Waals surface area contributed by atoms with Crippen molar-refractivity contribution in [2.45, 2.75) is 46.4 Å². The van der Waals surface area contributed by atoms with Crippen LogP contribution in [0.4, 0.5) is 0 Å². The molecule has 0 fully saturated rings. The Bertz CT molecular complexity index is 2000. The number of esters is 1. The fourth-order valence-electron chi connectivity index (χ4n) is 5.05. The summed E-state index contributed by atoms with van der Waals surface area (Å²) in [6.07, 6.45) is 1.72. The number of fused-ring (bicyclic) bond motifs is 1. The zero-order chi connectivity index (χ0) is 33.1. The lowest BCUT2D eigenvalue weighted by molar-refractivity contribution is -0.139. The highest BCUT2D eigenvalue weighted by atomic mass is 79.9. The Balaban J connectivity index is 1.58. The van der Waals surface area contributed by atoms with Gasteiger partial charge < -0.3 is 18.9 Å². The fraction of sp³-hybridized carbons (Fsp3) is 0.265. The molecule has 0 aliphatic carbocycles. The quantitative estimate of drug-likeness (QED) is 0.156. The van der Waals surface area contributed by atoms with Crippen LogP contribution in [0.3, 0.4) is 0 Å². The maximum atomic E-state index is 14.1. The predicted octanol–water partition coefficient (Wildman–Crippen LogP) is 7.35. The standard InChI is InChI=1S/C34H31Br2ClN2O6S/c1-6-43-33(41)29-19(4)38-34-39(30(29)22-10-11-26(45-18(2)3)27(16-22)42-5)32(40)28(46-34)15-21-13-24(35)31(25(36)14-21)44-17-20-8-7-9-23(37)12-20/h7-16,18,30H,6,17H2,1-5H3/b28-15+/t30-/m1/s1. The molecule has 4 aromatic rings. The molecule has 0 spiro atoms. The lowest BCUT2D eigenvalue weighted by Gasteiger charge is -2.25. The predicted molar refractivity (Wildman–Crippen MR) is 187 cm³/mol. The van der Waals surface area contributed by atoms with Crippen LogP contribution in [-0.4, -0.2) is 30.4 Å². The van der Waals surface area contributed by atoms with Crippen LogP contribution in [0.2, 0.25) is 5.02 Å². The summed E-state index contributed by atoms with van der Waals surface area (Å²) in [6.45, 7) is 7.85. The van der Waals surface area contributed by atoms with E-state index in [9.17, 15) is 9.59 Å². The molecule has 0 bridgehead atoms. The Hall–Kier alpha value is -3.38. The van der Waals surface area contributed by atoms with Crippen molar-refractivity contribution in [2.75, 3.05) is 13.7 Å². The van der Waals surface area contributed by atoms with Gasteiger partial charge in [-0.25, -0.2) is 9.79 Å². The highest BCUT2D eigenvalue weighted by Crippen LogP contribution is 2.37. The lowest BCUT2D eigenvalue weighted by Crippen LogP contribution is -2.40. The van der Waals surface area contributed by atoms with Gasteiger partial charge >= 0.3 is 5.97 Å². The molecule has 0 radical (unpaired) electrons. The van der Waals surface area contributed by atoms with Crippen molar-refractivity contribution in [1.29, 1.82) is 0 Å². The van der Waals surface area contributed by atoms with Crippen LogP contribution in [0.15, 0.2) is 84.6 Å². The number of nitrogens with zero attached hydrogens (tertiary/aromatic N) is 2. The zero-order valence-electron chi connectivity index (χ0n) is 25.7. The Labute approximate surface area is 292 Å². The topological polar surface area (TPSA) is 88.4 Å². The van der Waals surface area contributed by atoms with E-state index in [1.165, 1.54) is 11.3 Å². The first-order valence-electron chi connectivity index (χ1n) is 14.4. The second-order valence-electron chi connectivity index (χ2n) is 10.6. The van der Waals surface area contributed by atoms with Crippen molar-refractivity contribution in [1.82, 2.24) is 4.57 Å². The first-order valence-corrected chi connectivity index (χ1v) is 17.2. The van der Waals surface area contributed by atoms with Gasteiger partial charge in [0.15, 0.2) is 16.3 Å². The number of benzene rings is 3. The molecule has 46 heavy (non-hydrogen) atoms. The number of hydrogen-bond acceptors (Lipinski definition) is 8. The number of carbonyl (C=O) groups excluding carboxylic acids is 1. The SMILES string of the molecule is CCOC(=O)C1=C(C)N=c2s/c(=C/c3cc(Br)c(OCc4cccc(Cl)c4)c(Br)c3)c(=O)n2[C@@H]1c1ccc(OC(C)C)c(OC)c1. The summed E-state index contributed by atoms with van der Waals surface area (Å²) in [5, 5.41) is 0.638. The maximum absolute atomic E-state index is 14.1. The first-order chi connectivity index (χ1) is 22.0. The molecule has 240 valence electrons. The fourth-order valence-corrected chi connectivity index (χ4v) is 7.76. The summed E-state index contributed by atoms with van der Waals surface area (Å²) in [6, 6.07) is 15.8. The molecule has 0 saturated carbocycles. The molecule has 1 atom stereocenters. The van der Waals surface area contributed by atoms with Gasteiger partial charge in [-0.1, -0.05) is 41.1 Å². The van der Waals surface area contributed by atoms with Gasteiger partial charge in [0.1, 0.15) is 12.4 Å². The van der Waals surface area contributed by atoms with Gasteiger partial charge in [0.25, 0.3) is 5.56 Å². The Morgan fingerprint density at radius 3 is 2.50 bits per heavy atom. The largest absolute Gasteiger partial charge is 0.493 e. The second-order valence-corrected chi connectivity index (χ2v) is 13.8. The molecular weight excluding hydrogens is 760 g/mol. The minimum absolute atomic E-state index is 0.0710. The number of thiazole rings is 1. The van der Waals surface area contributed by atoms with Gasteiger partial charge in [-0.05, 0) is 119 Å². The van der Waals surface area contributed by atoms with E-state index < -0.39 is 12.0 Å². The molecular formula is C34H31Br2ClN2O6S. The number of allylic oxidation sites excluding steroid dienone is 1. The molecule has 1 aromatic heterocycles. The molecule has 2 heterocycles. The van der Waals surface area contributed by atoms with Crippen LogP contribution in [0.1, 0.15) is 50.4 Å². The number of methoxy groups -OCH3 is 1. The Morgan fingerprint density at radius 2 is 1.85 bits per heavy atom. The molecule has 12 heteroatoms. The van der Waals surface area contributed by atoms with E-state index >= 15 is 0 Å². The smallest absolute Gasteiger partial charge is 0.338 e. The van der Waals surface area contributed by atoms with Crippen molar-refractivity contribution in [3.63, 3.8) is 0 Å². The van der Waals surface area contributed by atoms with Gasteiger partial charge in [-0.3, -0.25) is 9.36 Å². The van der Waals surface area contributed by atoms with Crippen molar-refractivity contribution >= 4 is 66.8 Å². The molecule has 0 N–H and O–H groups in total. The highest BCUT2D eigenvalue weighted by molar-refractivity contribution is 9.11. The number of halogens is 3. The van der Waals surface area contributed by atoms with Gasteiger partial charge in [0.05, 0.1) is 50.6 Å². The third kappa shape index (κ3) is 7.27. The van der Waals surface area contributed by atoms with E-state index in [4.69, 9.17) is 30.5 Å². The number of ether oxygens (including phenoxy) is 4. The van der Waals surface area contributed by atoms with Crippen molar-refractivity contribution in [3.8, 4) is 17.2 Å². The monoisotopic (exact) mass is 788 g/mol. The first kappa shape index (κ1) is 34.0. The van der Waals surface area contributed by atoms with Gasteiger partial charge in [-0.15, -0.1) is 0 Å². The summed E-state index contributed by atoms with van der Waals surface area (Å²) in [7, 11) is 1.55. The maximum Gasteiger partial charge on any atom is 0.338 e. The molecule has 1 aliphatic heterocycles. The normalized spacial score (nSPS) is 14.6. The summed E-state index contributed by atoms with van der Waals surface area (Å²) in [5.74, 6) is 1.12. The van der Waals surface area contributed by atoms with Crippen LogP contribution < -0.4 is 29.1 Å². The highest BCUT2D eigenvalue weighted by Gasteiger charge is 2.34. The van der Waals surface area contributed by atoms with Crippen molar-refractivity contribution < 1.29 is 23.7 Å². The second kappa shape index (κ2) is 14.6. The summed E-state index contributed by atoms with van der Waals surface area (Å²) < 4.78 is 26.4. The molecule has 1 aliphatic rings. The van der Waals surface area contributed by atoms with Gasteiger partial charge in [0.2, 0.25) is 0 Å². The minimum Gasteiger partial charge on any atom is -0.493 e. The number of aromatic nitrogens is 1. The Morgan fingerprint density at radius 1 is 1.11 bits per heavy atom.